The van der Waals surface area contributed by atoms with Crippen molar-refractivity contribution >= 4 is 12.1 Å². The van der Waals surface area contributed by atoms with Crippen molar-refractivity contribution in [3.05, 3.63) is 0 Å². The Morgan fingerprint density at radius 3 is 2.39 bits per heavy atom. The van der Waals surface area contributed by atoms with Gasteiger partial charge in [-0.25, -0.2) is 9.59 Å². The van der Waals surface area contributed by atoms with E-state index in [1.54, 1.807) is 20.8 Å². The summed E-state index contributed by atoms with van der Waals surface area (Å²) in [5, 5.41) is 0. The molecule has 6 heteroatoms. The van der Waals surface area contributed by atoms with E-state index in [1.165, 1.54) is 12.0 Å². The van der Waals surface area contributed by atoms with Crippen LogP contribution in [-0.2, 0) is 14.3 Å². The molecule has 0 saturated carbocycles. The van der Waals surface area contributed by atoms with Crippen LogP contribution in [0.1, 0.15) is 40.0 Å². The van der Waals surface area contributed by atoms with E-state index in [9.17, 15) is 9.59 Å². The minimum Gasteiger partial charge on any atom is -0.467 e. The Morgan fingerprint density at radius 2 is 1.89 bits per heavy atom. The van der Waals surface area contributed by atoms with Gasteiger partial charge in [0.15, 0.2) is 0 Å². The van der Waals surface area contributed by atoms with Crippen LogP contribution in [0, 0.1) is 0 Å². The van der Waals surface area contributed by atoms with Crippen molar-refractivity contribution in [2.75, 3.05) is 7.11 Å². The fraction of sp³-hybridized carbons (Fsp3) is 0.833. The topological polar surface area (TPSA) is 81.9 Å². The largest absolute Gasteiger partial charge is 0.467 e. The molecule has 1 fully saturated rings. The fourth-order valence-corrected chi connectivity index (χ4v) is 1.97. The molecule has 1 saturated heterocycles. The van der Waals surface area contributed by atoms with Crippen molar-refractivity contribution in [2.45, 2.75) is 57.8 Å². The Labute approximate surface area is 107 Å². The summed E-state index contributed by atoms with van der Waals surface area (Å²) >= 11 is 0. The van der Waals surface area contributed by atoms with E-state index in [2.05, 4.69) is 0 Å². The number of hydrogen-bond acceptors (Lipinski definition) is 5. The second-order valence-corrected chi connectivity index (χ2v) is 5.42. The Balaban J connectivity index is 2.84. The van der Waals surface area contributed by atoms with Crippen LogP contribution in [-0.4, -0.2) is 41.9 Å². The molecule has 6 nitrogen and oxygen atoms in total. The van der Waals surface area contributed by atoms with Gasteiger partial charge in [0.2, 0.25) is 0 Å². The third-order valence-electron chi connectivity index (χ3n) is 2.75. The molecule has 1 heterocycles. The zero-order chi connectivity index (χ0) is 13.9. The van der Waals surface area contributed by atoms with Gasteiger partial charge in [-0.2, -0.15) is 0 Å². The van der Waals surface area contributed by atoms with Crippen LogP contribution in [0.3, 0.4) is 0 Å². The first kappa shape index (κ1) is 14.8. The molecule has 0 aromatic rings. The number of rotatable bonds is 1. The number of hydrogen-bond donors (Lipinski definition) is 1. The maximum Gasteiger partial charge on any atom is 0.412 e. The standard InChI is InChI=1S/C12H22N2O4/c1-12(2,3)18-11(16)14-8(10(15)17-4)6-5-7-9(14)13/h8-9H,5-7,13H2,1-4H3/t8?,9-/m1/s1. The van der Waals surface area contributed by atoms with Crippen LogP contribution in [0.5, 0.6) is 0 Å². The molecule has 1 aliphatic heterocycles. The molecule has 0 spiro atoms. The van der Waals surface area contributed by atoms with Gasteiger partial charge in [0.1, 0.15) is 11.6 Å². The molecule has 0 aromatic carbocycles. The number of nitrogens with zero attached hydrogens (tertiary/aromatic N) is 1. The van der Waals surface area contributed by atoms with Crippen molar-refractivity contribution < 1.29 is 19.1 Å². The molecule has 2 N–H and O–H groups in total. The van der Waals surface area contributed by atoms with E-state index in [4.69, 9.17) is 15.2 Å². The summed E-state index contributed by atoms with van der Waals surface area (Å²) in [4.78, 5) is 25.0. The second-order valence-electron chi connectivity index (χ2n) is 5.42. The second kappa shape index (κ2) is 5.56. The fourth-order valence-electron chi connectivity index (χ4n) is 1.97. The first-order valence-corrected chi connectivity index (χ1v) is 6.11. The maximum atomic E-state index is 12.1. The number of likely N-dealkylation sites (tertiary alicyclic amines) is 1. The number of carbonyl (C=O) groups excluding carboxylic acids is 2. The summed E-state index contributed by atoms with van der Waals surface area (Å²) in [5.41, 5.74) is 5.28. The van der Waals surface area contributed by atoms with Gasteiger partial charge in [-0.1, -0.05) is 0 Å². The van der Waals surface area contributed by atoms with Crippen LogP contribution in [0.25, 0.3) is 0 Å². The molecule has 2 atom stereocenters. The van der Waals surface area contributed by atoms with Gasteiger partial charge >= 0.3 is 12.1 Å². The van der Waals surface area contributed by atoms with E-state index in [0.717, 1.165) is 6.42 Å². The van der Waals surface area contributed by atoms with E-state index < -0.39 is 29.9 Å². The van der Waals surface area contributed by atoms with Crippen molar-refractivity contribution in [1.29, 1.82) is 0 Å². The SMILES string of the molecule is COC(=O)C1CCC[C@H](N)N1C(=O)OC(C)(C)C. The molecule has 0 radical (unpaired) electrons. The molecule has 1 aliphatic rings. The summed E-state index contributed by atoms with van der Waals surface area (Å²) in [6.45, 7) is 5.31. The molecule has 0 bridgehead atoms. The predicted molar refractivity (Wildman–Crippen MR) is 65.7 cm³/mol. The van der Waals surface area contributed by atoms with Gasteiger partial charge in [-0.15, -0.1) is 0 Å². The molecule has 18 heavy (non-hydrogen) atoms. The quantitative estimate of drug-likeness (QED) is 0.715. The number of amides is 1. The van der Waals surface area contributed by atoms with Gasteiger partial charge < -0.3 is 15.2 Å². The average Bonchev–Trinajstić information content (AvgIpc) is 2.25. The van der Waals surface area contributed by atoms with Crippen molar-refractivity contribution in [1.82, 2.24) is 4.90 Å². The van der Waals surface area contributed by atoms with Gasteiger partial charge in [0, 0.05) is 0 Å². The van der Waals surface area contributed by atoms with Gasteiger partial charge in [-0.3, -0.25) is 4.90 Å². The van der Waals surface area contributed by atoms with Crippen LogP contribution < -0.4 is 5.73 Å². The lowest BCUT2D eigenvalue weighted by Crippen LogP contribution is -2.58. The van der Waals surface area contributed by atoms with Crippen LogP contribution >= 0.6 is 0 Å². The number of piperidine rings is 1. The van der Waals surface area contributed by atoms with Gasteiger partial charge in [-0.05, 0) is 40.0 Å². The number of methoxy groups -OCH3 is 1. The highest BCUT2D eigenvalue weighted by Crippen LogP contribution is 2.23. The summed E-state index contributed by atoms with van der Waals surface area (Å²) in [6, 6.07) is -0.645. The van der Waals surface area contributed by atoms with E-state index in [-0.39, 0.29) is 0 Å². The van der Waals surface area contributed by atoms with Crippen molar-refractivity contribution in [3.63, 3.8) is 0 Å². The summed E-state index contributed by atoms with van der Waals surface area (Å²) in [5.74, 6) is -0.448. The van der Waals surface area contributed by atoms with Crippen LogP contribution in [0.15, 0.2) is 0 Å². The van der Waals surface area contributed by atoms with Crippen molar-refractivity contribution in [3.8, 4) is 0 Å². The lowest BCUT2D eigenvalue weighted by Gasteiger charge is -2.39. The number of nitrogens with two attached hydrogens (primary N) is 1. The normalized spacial score (nSPS) is 24.6. The molecule has 0 aliphatic carbocycles. The third kappa shape index (κ3) is 3.60. The zero-order valence-electron chi connectivity index (χ0n) is 11.4. The Hall–Kier alpha value is -1.30. The first-order valence-electron chi connectivity index (χ1n) is 6.11. The van der Waals surface area contributed by atoms with E-state index in [0.29, 0.717) is 12.8 Å². The first-order chi connectivity index (χ1) is 8.26. The molecular formula is C12H22N2O4. The average molecular weight is 258 g/mol. The Bertz CT molecular complexity index is 325. The van der Waals surface area contributed by atoms with Crippen LogP contribution in [0.2, 0.25) is 0 Å². The zero-order valence-corrected chi connectivity index (χ0v) is 11.4. The summed E-state index contributed by atoms with van der Waals surface area (Å²) < 4.78 is 9.98. The molecule has 0 aromatic heterocycles. The van der Waals surface area contributed by atoms with E-state index in [1.807, 2.05) is 0 Å². The number of ether oxygens (including phenoxy) is 2. The minimum atomic E-state index is -0.645. The minimum absolute atomic E-state index is 0.448. The lowest BCUT2D eigenvalue weighted by molar-refractivity contribution is -0.149. The molecule has 1 unspecified atom stereocenters. The Morgan fingerprint density at radius 1 is 1.28 bits per heavy atom. The predicted octanol–water partition coefficient (Wildman–Crippen LogP) is 1.23. The Kier molecular flexibility index (Phi) is 4.56. The highest BCUT2D eigenvalue weighted by molar-refractivity contribution is 5.81. The highest BCUT2D eigenvalue weighted by Gasteiger charge is 2.39. The third-order valence-corrected chi connectivity index (χ3v) is 2.75. The number of carbonyl (C=O) groups is 2. The maximum absolute atomic E-state index is 12.1. The molecule has 104 valence electrons. The van der Waals surface area contributed by atoms with Crippen molar-refractivity contribution in [2.24, 2.45) is 5.73 Å². The van der Waals surface area contributed by atoms with Gasteiger partial charge in [0.05, 0.1) is 13.3 Å². The highest BCUT2D eigenvalue weighted by atomic mass is 16.6. The van der Waals surface area contributed by atoms with E-state index >= 15 is 0 Å². The summed E-state index contributed by atoms with van der Waals surface area (Å²) in [7, 11) is 1.30. The van der Waals surface area contributed by atoms with Crippen LogP contribution in [0.4, 0.5) is 4.79 Å². The molecule has 1 amide bonds. The number of esters is 1. The van der Waals surface area contributed by atoms with Gasteiger partial charge in [0.25, 0.3) is 0 Å². The monoisotopic (exact) mass is 258 g/mol. The summed E-state index contributed by atoms with van der Waals surface area (Å²) in [6.07, 6.45) is 0.940. The molecule has 1 rings (SSSR count). The lowest BCUT2D eigenvalue weighted by atomic mass is 10.0. The molecular weight excluding hydrogens is 236 g/mol. The smallest absolute Gasteiger partial charge is 0.412 e.